The number of ether oxygens (including phenoxy) is 1. The summed E-state index contributed by atoms with van der Waals surface area (Å²) in [5.74, 6) is 0.342. The Bertz CT molecular complexity index is 237. The highest BCUT2D eigenvalue weighted by molar-refractivity contribution is 5.77. The molecule has 0 saturated carbocycles. The first-order valence-corrected chi connectivity index (χ1v) is 5.89. The first kappa shape index (κ1) is 10.9. The predicted molar refractivity (Wildman–Crippen MR) is 57.4 cm³/mol. The number of hydrogen-bond donors (Lipinski definition) is 0. The van der Waals surface area contributed by atoms with E-state index in [1.807, 2.05) is 4.90 Å². The molecule has 0 radical (unpaired) electrons. The summed E-state index contributed by atoms with van der Waals surface area (Å²) in [5.41, 5.74) is 0. The van der Waals surface area contributed by atoms with E-state index >= 15 is 0 Å². The lowest BCUT2D eigenvalue weighted by Gasteiger charge is -2.38. The predicted octanol–water partition coefficient (Wildman–Crippen LogP) is 0.0856. The first-order valence-electron chi connectivity index (χ1n) is 5.89. The van der Waals surface area contributed by atoms with E-state index in [0.29, 0.717) is 5.91 Å². The van der Waals surface area contributed by atoms with Gasteiger partial charge in [0.05, 0.1) is 33.4 Å². The van der Waals surface area contributed by atoms with Crippen LogP contribution < -0.4 is 0 Å². The van der Waals surface area contributed by atoms with Crippen LogP contribution in [0.2, 0.25) is 0 Å². The van der Waals surface area contributed by atoms with Gasteiger partial charge in [-0.3, -0.25) is 4.79 Å². The molecule has 15 heavy (non-hydrogen) atoms. The molecule has 2 saturated heterocycles. The van der Waals surface area contributed by atoms with Crippen molar-refractivity contribution in [1.82, 2.24) is 4.90 Å². The Morgan fingerprint density at radius 3 is 2.73 bits per heavy atom. The molecule has 4 heteroatoms. The van der Waals surface area contributed by atoms with Crippen LogP contribution in [0.15, 0.2) is 0 Å². The van der Waals surface area contributed by atoms with Crippen LogP contribution in [0.4, 0.5) is 0 Å². The molecule has 0 aromatic heterocycles. The first-order chi connectivity index (χ1) is 7.20. The Kier molecular flexibility index (Phi) is 3.26. The van der Waals surface area contributed by atoms with Crippen LogP contribution in [-0.2, 0) is 9.53 Å². The molecule has 0 aromatic rings. The number of carbonyl (C=O) groups is 1. The highest BCUT2D eigenvalue weighted by atomic mass is 16.5. The molecule has 0 bridgehead atoms. The molecule has 2 aliphatic heterocycles. The van der Waals surface area contributed by atoms with Crippen molar-refractivity contribution in [3.63, 3.8) is 0 Å². The number of hydrogen-bond acceptors (Lipinski definition) is 2. The quantitative estimate of drug-likeness (QED) is 0.622. The van der Waals surface area contributed by atoms with Crippen LogP contribution in [0, 0.1) is 0 Å². The molecular weight excluding hydrogens is 192 g/mol. The molecule has 0 unspecified atom stereocenters. The fraction of sp³-hybridized carbons (Fsp3) is 0.909. The summed E-state index contributed by atoms with van der Waals surface area (Å²) in [6.07, 6.45) is 1.80. The molecule has 2 rings (SSSR count). The van der Waals surface area contributed by atoms with E-state index in [4.69, 9.17) is 4.74 Å². The molecule has 0 aliphatic carbocycles. The fourth-order valence-electron chi connectivity index (χ4n) is 2.31. The van der Waals surface area contributed by atoms with E-state index < -0.39 is 0 Å². The van der Waals surface area contributed by atoms with Crippen LogP contribution in [0.25, 0.3) is 0 Å². The van der Waals surface area contributed by atoms with Gasteiger partial charge in [0.2, 0.25) is 5.91 Å². The highest BCUT2D eigenvalue weighted by Gasteiger charge is 2.28. The van der Waals surface area contributed by atoms with Gasteiger partial charge in [-0.15, -0.1) is 0 Å². The molecule has 86 valence electrons. The van der Waals surface area contributed by atoms with Gasteiger partial charge < -0.3 is 14.1 Å². The largest absolute Gasteiger partial charge is 0.370 e. The molecule has 2 aliphatic rings. The number of morpholine rings is 1. The highest BCUT2D eigenvalue weighted by Crippen LogP contribution is 2.12. The van der Waals surface area contributed by atoms with Gasteiger partial charge in [0.15, 0.2) is 0 Å². The lowest BCUT2D eigenvalue weighted by molar-refractivity contribution is -0.916. The second kappa shape index (κ2) is 4.49. The Balaban J connectivity index is 1.78. The minimum Gasteiger partial charge on any atom is -0.370 e. The zero-order chi connectivity index (χ0) is 10.7. The molecule has 2 fully saturated rings. The summed E-state index contributed by atoms with van der Waals surface area (Å²) in [7, 11) is 2.27. The number of amides is 1. The van der Waals surface area contributed by atoms with Crippen molar-refractivity contribution in [2.24, 2.45) is 0 Å². The van der Waals surface area contributed by atoms with Crippen LogP contribution in [0.1, 0.15) is 12.8 Å². The van der Waals surface area contributed by atoms with Crippen LogP contribution in [0.3, 0.4) is 0 Å². The van der Waals surface area contributed by atoms with Gasteiger partial charge in [-0.25, -0.2) is 0 Å². The lowest BCUT2D eigenvalue weighted by atomic mass is 10.3. The number of likely N-dealkylation sites (N-methyl/N-ethyl adjacent to an activating group) is 1. The zero-order valence-corrected chi connectivity index (χ0v) is 9.57. The van der Waals surface area contributed by atoms with Crippen LogP contribution >= 0.6 is 0 Å². The van der Waals surface area contributed by atoms with Crippen molar-refractivity contribution < 1.29 is 14.0 Å². The molecule has 0 spiro atoms. The minimum atomic E-state index is 0.342. The van der Waals surface area contributed by atoms with Crippen molar-refractivity contribution in [2.45, 2.75) is 12.8 Å². The van der Waals surface area contributed by atoms with Gasteiger partial charge in [-0.2, -0.15) is 0 Å². The Morgan fingerprint density at radius 1 is 1.40 bits per heavy atom. The van der Waals surface area contributed by atoms with Crippen molar-refractivity contribution >= 4 is 5.91 Å². The Hall–Kier alpha value is -0.610. The van der Waals surface area contributed by atoms with Crippen molar-refractivity contribution in [2.75, 3.05) is 53.0 Å². The van der Waals surface area contributed by atoms with Gasteiger partial charge in [-0.05, 0) is 6.42 Å². The third kappa shape index (κ3) is 2.69. The Morgan fingerprint density at radius 2 is 2.13 bits per heavy atom. The summed E-state index contributed by atoms with van der Waals surface area (Å²) >= 11 is 0. The van der Waals surface area contributed by atoms with E-state index in [1.54, 1.807) is 0 Å². The third-order valence-corrected chi connectivity index (χ3v) is 3.63. The second-order valence-electron chi connectivity index (χ2n) is 4.89. The number of likely N-dealkylation sites (tertiary alicyclic amines) is 1. The maximum Gasteiger partial charge on any atom is 0.222 e. The van der Waals surface area contributed by atoms with Gasteiger partial charge in [0, 0.05) is 13.0 Å². The van der Waals surface area contributed by atoms with E-state index in [0.717, 1.165) is 63.3 Å². The zero-order valence-electron chi connectivity index (χ0n) is 9.57. The summed E-state index contributed by atoms with van der Waals surface area (Å²) in [4.78, 5) is 13.5. The second-order valence-corrected chi connectivity index (χ2v) is 4.89. The van der Waals surface area contributed by atoms with Gasteiger partial charge >= 0.3 is 0 Å². The summed E-state index contributed by atoms with van der Waals surface area (Å²) in [6, 6.07) is 0. The molecule has 0 atom stereocenters. The summed E-state index contributed by atoms with van der Waals surface area (Å²) in [5, 5.41) is 0. The summed E-state index contributed by atoms with van der Waals surface area (Å²) < 4.78 is 6.42. The fourth-order valence-corrected chi connectivity index (χ4v) is 2.31. The van der Waals surface area contributed by atoms with Gasteiger partial charge in [-0.1, -0.05) is 0 Å². The monoisotopic (exact) mass is 213 g/mol. The number of quaternary nitrogens is 1. The smallest absolute Gasteiger partial charge is 0.222 e. The standard InChI is InChI=1S/C11H21N2O2/c1-13(7-9-15-10-8-13)6-5-12-4-2-3-11(12)14/h2-10H2,1H3/q+1. The normalized spacial score (nSPS) is 25.9. The molecule has 4 nitrogen and oxygen atoms in total. The maximum absolute atomic E-state index is 11.4. The SMILES string of the molecule is C[N+]1(CCN2CCCC2=O)CCOCC1. The average Bonchev–Trinajstić information content (AvgIpc) is 2.62. The van der Waals surface area contributed by atoms with E-state index in [9.17, 15) is 4.79 Å². The molecule has 1 amide bonds. The van der Waals surface area contributed by atoms with Gasteiger partial charge in [0.25, 0.3) is 0 Å². The van der Waals surface area contributed by atoms with E-state index in [1.165, 1.54) is 0 Å². The maximum atomic E-state index is 11.4. The average molecular weight is 213 g/mol. The third-order valence-electron chi connectivity index (χ3n) is 3.63. The molecule has 0 aromatic carbocycles. The lowest BCUT2D eigenvalue weighted by Crippen LogP contribution is -2.54. The molecular formula is C11H21N2O2+. The minimum absolute atomic E-state index is 0.342. The number of carbonyl (C=O) groups excluding carboxylic acids is 1. The topological polar surface area (TPSA) is 29.5 Å². The molecule has 2 heterocycles. The van der Waals surface area contributed by atoms with E-state index in [-0.39, 0.29) is 0 Å². The van der Waals surface area contributed by atoms with Crippen LogP contribution in [0.5, 0.6) is 0 Å². The van der Waals surface area contributed by atoms with E-state index in [2.05, 4.69) is 7.05 Å². The molecule has 0 N–H and O–H groups in total. The van der Waals surface area contributed by atoms with Crippen molar-refractivity contribution in [3.8, 4) is 0 Å². The van der Waals surface area contributed by atoms with Gasteiger partial charge in [0.1, 0.15) is 13.1 Å². The van der Waals surface area contributed by atoms with Crippen molar-refractivity contribution in [3.05, 3.63) is 0 Å². The van der Waals surface area contributed by atoms with Crippen LogP contribution in [-0.4, -0.2) is 68.3 Å². The number of nitrogens with zero attached hydrogens (tertiary/aromatic N) is 2. The van der Waals surface area contributed by atoms with Crippen molar-refractivity contribution in [1.29, 1.82) is 0 Å². The summed E-state index contributed by atoms with van der Waals surface area (Å²) in [6.45, 7) is 6.87. The number of rotatable bonds is 3. The Labute approximate surface area is 91.4 Å².